The van der Waals surface area contributed by atoms with Crippen molar-refractivity contribution in [2.24, 2.45) is 0 Å². The van der Waals surface area contributed by atoms with Gasteiger partial charge < -0.3 is 19.7 Å². The van der Waals surface area contributed by atoms with Crippen LogP contribution in [-0.2, 0) is 19.6 Å². The van der Waals surface area contributed by atoms with Crippen LogP contribution >= 0.6 is 0 Å². The molecule has 2 N–H and O–H groups in total. The van der Waals surface area contributed by atoms with Gasteiger partial charge in [0, 0.05) is 58.2 Å². The largest absolute Gasteiger partial charge is 0.490 e. The van der Waals surface area contributed by atoms with E-state index in [1.165, 1.54) is 12.1 Å². The highest BCUT2D eigenvalue weighted by Gasteiger charge is 2.23. The number of nitrogens with one attached hydrogen (secondary N) is 2. The standard InChI is InChI=1S/C21H32N4O6S/c1-2-7-22-20(26)16-24-9-11-25(12-10-24)21(27)6-8-23-32(28,29)17-4-5-18-19(15-17)31-14-3-13-30-18/h4-5,15,23H,2-3,6-14,16H2,1H3,(H,22,26). The van der Waals surface area contributed by atoms with Crippen LogP contribution in [0, 0.1) is 0 Å². The van der Waals surface area contributed by atoms with Gasteiger partial charge in [0.15, 0.2) is 11.5 Å². The monoisotopic (exact) mass is 468 g/mol. The zero-order valence-corrected chi connectivity index (χ0v) is 19.3. The van der Waals surface area contributed by atoms with Crippen LogP contribution in [-0.4, -0.2) is 89.1 Å². The molecule has 0 saturated carbocycles. The Labute approximate surface area is 189 Å². The first-order valence-corrected chi connectivity index (χ1v) is 12.5. The predicted octanol–water partition coefficient (Wildman–Crippen LogP) is 0.187. The number of amides is 2. The van der Waals surface area contributed by atoms with E-state index in [4.69, 9.17) is 9.47 Å². The Morgan fingerprint density at radius 3 is 2.47 bits per heavy atom. The summed E-state index contributed by atoms with van der Waals surface area (Å²) in [5.74, 6) is 0.818. The van der Waals surface area contributed by atoms with E-state index < -0.39 is 10.0 Å². The fourth-order valence-corrected chi connectivity index (χ4v) is 4.57. The summed E-state index contributed by atoms with van der Waals surface area (Å²) in [7, 11) is -3.77. The van der Waals surface area contributed by atoms with E-state index in [2.05, 4.69) is 10.0 Å². The molecular weight excluding hydrogens is 436 g/mol. The lowest BCUT2D eigenvalue weighted by Crippen LogP contribution is -2.51. The highest BCUT2D eigenvalue weighted by atomic mass is 32.2. The van der Waals surface area contributed by atoms with Gasteiger partial charge in [-0.2, -0.15) is 0 Å². The number of hydrogen-bond acceptors (Lipinski definition) is 7. The summed E-state index contributed by atoms with van der Waals surface area (Å²) in [5, 5.41) is 2.85. The minimum Gasteiger partial charge on any atom is -0.490 e. The number of fused-ring (bicyclic) bond motifs is 1. The molecular formula is C21H32N4O6S. The SMILES string of the molecule is CCCNC(=O)CN1CCN(C(=O)CCNS(=O)(=O)c2ccc3c(c2)OCCCO3)CC1. The molecule has 0 aromatic heterocycles. The molecule has 2 heterocycles. The summed E-state index contributed by atoms with van der Waals surface area (Å²) < 4.78 is 38.8. The fraction of sp³-hybridized carbons (Fsp3) is 0.619. The molecule has 0 aliphatic carbocycles. The Morgan fingerprint density at radius 2 is 1.75 bits per heavy atom. The number of hydrogen-bond donors (Lipinski definition) is 2. The summed E-state index contributed by atoms with van der Waals surface area (Å²) >= 11 is 0. The zero-order valence-electron chi connectivity index (χ0n) is 18.5. The maximum absolute atomic E-state index is 12.6. The molecule has 2 aliphatic rings. The van der Waals surface area contributed by atoms with Crippen LogP contribution in [0.4, 0.5) is 0 Å². The molecule has 1 aromatic carbocycles. The number of carbonyl (C=O) groups is 2. The van der Waals surface area contributed by atoms with Crippen molar-refractivity contribution in [3.05, 3.63) is 18.2 Å². The first-order chi connectivity index (χ1) is 15.4. The number of sulfonamides is 1. The molecule has 0 radical (unpaired) electrons. The van der Waals surface area contributed by atoms with Crippen molar-refractivity contribution in [3.63, 3.8) is 0 Å². The smallest absolute Gasteiger partial charge is 0.240 e. The van der Waals surface area contributed by atoms with Crippen LogP contribution in [0.2, 0.25) is 0 Å². The van der Waals surface area contributed by atoms with Gasteiger partial charge in [0.1, 0.15) is 0 Å². The average molecular weight is 469 g/mol. The Bertz CT molecular complexity index is 900. The minimum atomic E-state index is -3.77. The summed E-state index contributed by atoms with van der Waals surface area (Å²) in [6, 6.07) is 4.50. The molecule has 0 atom stereocenters. The molecule has 178 valence electrons. The lowest BCUT2D eigenvalue weighted by molar-refractivity contribution is -0.133. The Hall–Kier alpha value is -2.37. The highest BCUT2D eigenvalue weighted by Crippen LogP contribution is 2.31. The van der Waals surface area contributed by atoms with Crippen LogP contribution in [0.25, 0.3) is 0 Å². The quantitative estimate of drug-likeness (QED) is 0.531. The van der Waals surface area contributed by atoms with Crippen molar-refractivity contribution in [1.29, 1.82) is 0 Å². The van der Waals surface area contributed by atoms with Gasteiger partial charge in [-0.25, -0.2) is 13.1 Å². The van der Waals surface area contributed by atoms with Crippen LogP contribution in [0.5, 0.6) is 11.5 Å². The van der Waals surface area contributed by atoms with Crippen molar-refractivity contribution in [1.82, 2.24) is 19.8 Å². The third kappa shape index (κ3) is 6.81. The van der Waals surface area contributed by atoms with E-state index in [1.807, 2.05) is 11.8 Å². The third-order valence-corrected chi connectivity index (χ3v) is 6.78. The number of rotatable bonds is 9. The lowest BCUT2D eigenvalue weighted by Gasteiger charge is -2.34. The first kappa shape index (κ1) is 24.3. The summed E-state index contributed by atoms with van der Waals surface area (Å²) in [6.07, 6.45) is 1.70. The van der Waals surface area contributed by atoms with Gasteiger partial charge >= 0.3 is 0 Å². The second-order valence-electron chi connectivity index (χ2n) is 7.81. The second kappa shape index (κ2) is 11.5. The number of ether oxygens (including phenoxy) is 2. The van der Waals surface area contributed by atoms with E-state index in [-0.39, 0.29) is 29.7 Å². The van der Waals surface area contributed by atoms with Crippen LogP contribution in [0.3, 0.4) is 0 Å². The van der Waals surface area contributed by atoms with E-state index >= 15 is 0 Å². The Kier molecular flexibility index (Phi) is 8.71. The molecule has 3 rings (SSSR count). The van der Waals surface area contributed by atoms with Gasteiger partial charge in [0.25, 0.3) is 0 Å². The van der Waals surface area contributed by atoms with Gasteiger partial charge in [-0.1, -0.05) is 6.92 Å². The molecule has 11 heteroatoms. The first-order valence-electron chi connectivity index (χ1n) is 11.0. The number of piperazine rings is 1. The van der Waals surface area contributed by atoms with E-state index in [0.29, 0.717) is 64.0 Å². The molecule has 1 aromatic rings. The molecule has 32 heavy (non-hydrogen) atoms. The van der Waals surface area contributed by atoms with Crippen molar-refractivity contribution in [3.8, 4) is 11.5 Å². The molecule has 1 saturated heterocycles. The van der Waals surface area contributed by atoms with E-state index in [0.717, 1.165) is 12.8 Å². The van der Waals surface area contributed by atoms with Crippen molar-refractivity contribution in [2.45, 2.75) is 31.1 Å². The van der Waals surface area contributed by atoms with Crippen molar-refractivity contribution < 1.29 is 27.5 Å². The van der Waals surface area contributed by atoms with E-state index in [9.17, 15) is 18.0 Å². The molecule has 2 aliphatic heterocycles. The van der Waals surface area contributed by atoms with Gasteiger partial charge in [-0.05, 0) is 18.6 Å². The highest BCUT2D eigenvalue weighted by molar-refractivity contribution is 7.89. The normalized spacial score (nSPS) is 17.0. The number of benzene rings is 1. The van der Waals surface area contributed by atoms with Crippen LogP contribution in [0.1, 0.15) is 26.2 Å². The second-order valence-corrected chi connectivity index (χ2v) is 9.58. The van der Waals surface area contributed by atoms with Gasteiger partial charge in [0.2, 0.25) is 21.8 Å². The molecule has 0 unspecified atom stereocenters. The number of nitrogens with zero attached hydrogens (tertiary/aromatic N) is 2. The van der Waals surface area contributed by atoms with Gasteiger partial charge in [-0.3, -0.25) is 14.5 Å². The topological polar surface area (TPSA) is 117 Å². The van der Waals surface area contributed by atoms with Crippen LogP contribution < -0.4 is 19.5 Å². The Morgan fingerprint density at radius 1 is 1.03 bits per heavy atom. The minimum absolute atomic E-state index is 0.00389. The fourth-order valence-electron chi connectivity index (χ4n) is 3.52. The van der Waals surface area contributed by atoms with Gasteiger partial charge in [-0.15, -0.1) is 0 Å². The summed E-state index contributed by atoms with van der Waals surface area (Å²) in [5.41, 5.74) is 0. The number of carbonyl (C=O) groups excluding carboxylic acids is 2. The third-order valence-electron chi connectivity index (χ3n) is 5.32. The van der Waals surface area contributed by atoms with Crippen molar-refractivity contribution in [2.75, 3.05) is 59.0 Å². The lowest BCUT2D eigenvalue weighted by atomic mass is 10.2. The van der Waals surface area contributed by atoms with Crippen molar-refractivity contribution >= 4 is 21.8 Å². The molecule has 0 spiro atoms. The molecule has 10 nitrogen and oxygen atoms in total. The predicted molar refractivity (Wildman–Crippen MR) is 118 cm³/mol. The maximum atomic E-state index is 12.6. The molecule has 2 amide bonds. The van der Waals surface area contributed by atoms with Crippen LogP contribution in [0.15, 0.2) is 23.1 Å². The zero-order chi connectivity index (χ0) is 23.0. The average Bonchev–Trinajstić information content (AvgIpc) is 3.03. The van der Waals surface area contributed by atoms with E-state index in [1.54, 1.807) is 11.0 Å². The summed E-state index contributed by atoms with van der Waals surface area (Å²) in [6.45, 7) is 6.29. The molecule has 0 bridgehead atoms. The molecule has 1 fully saturated rings. The Balaban J connectivity index is 1.43. The summed E-state index contributed by atoms with van der Waals surface area (Å²) in [4.78, 5) is 28.1. The van der Waals surface area contributed by atoms with Gasteiger partial charge in [0.05, 0.1) is 24.7 Å². The maximum Gasteiger partial charge on any atom is 0.240 e.